The van der Waals surface area contributed by atoms with Crippen molar-refractivity contribution < 1.29 is 30.0 Å². The van der Waals surface area contributed by atoms with Crippen molar-refractivity contribution in [3.05, 3.63) is 0 Å². The van der Waals surface area contributed by atoms with Crippen LogP contribution in [0.15, 0.2) is 0 Å². The zero-order valence-corrected chi connectivity index (χ0v) is 18.8. The van der Waals surface area contributed by atoms with Crippen LogP contribution < -0.4 is 0 Å². The normalized spacial score (nSPS) is 11.0. The van der Waals surface area contributed by atoms with Gasteiger partial charge in [0.25, 0.3) is 0 Å². The lowest BCUT2D eigenvalue weighted by Gasteiger charge is -2.17. The van der Waals surface area contributed by atoms with Gasteiger partial charge in [0.05, 0.1) is 13.2 Å². The number of aliphatic hydroxyl groups is 2. The molecule has 6 nitrogen and oxygen atoms in total. The standard InChI is InChI=1S/C18H36O2.C5H10O4/c1-2-3-4-5-6-7-8-9-10-11-12-13-14-15-16-17-18(19)20;1-5(2-6,3-7)4(8)9/h2-17H2,1H3,(H,19,20);6-7H,2-3H2,1H3,(H,8,9). The van der Waals surface area contributed by atoms with Crippen molar-refractivity contribution in [2.45, 2.75) is 117 Å². The number of hydrogen-bond donors (Lipinski definition) is 4. The summed E-state index contributed by atoms with van der Waals surface area (Å²) in [5.41, 5.74) is -1.39. The van der Waals surface area contributed by atoms with Crippen LogP contribution in [0.2, 0.25) is 0 Å². The van der Waals surface area contributed by atoms with Gasteiger partial charge in [0, 0.05) is 6.42 Å². The van der Waals surface area contributed by atoms with Crippen molar-refractivity contribution in [2.75, 3.05) is 13.2 Å². The Morgan fingerprint density at radius 2 is 0.931 bits per heavy atom. The van der Waals surface area contributed by atoms with Crippen LogP contribution in [0.25, 0.3) is 0 Å². The third kappa shape index (κ3) is 21.4. The minimum Gasteiger partial charge on any atom is -0.481 e. The molecule has 0 heterocycles. The predicted molar refractivity (Wildman–Crippen MR) is 117 cm³/mol. The molecule has 0 aromatic carbocycles. The molecule has 0 fully saturated rings. The van der Waals surface area contributed by atoms with E-state index >= 15 is 0 Å². The van der Waals surface area contributed by atoms with Gasteiger partial charge in [-0.25, -0.2) is 0 Å². The number of carbonyl (C=O) groups is 2. The van der Waals surface area contributed by atoms with Gasteiger partial charge in [-0.1, -0.05) is 96.8 Å². The molecule has 0 aliphatic carbocycles. The Labute approximate surface area is 177 Å². The average molecular weight is 419 g/mol. The van der Waals surface area contributed by atoms with Crippen molar-refractivity contribution in [1.82, 2.24) is 0 Å². The highest BCUT2D eigenvalue weighted by Crippen LogP contribution is 2.14. The molecule has 4 N–H and O–H groups in total. The smallest absolute Gasteiger partial charge is 0.314 e. The molecule has 174 valence electrons. The minimum absolute atomic E-state index is 0.345. The van der Waals surface area contributed by atoms with Crippen LogP contribution in [0.4, 0.5) is 0 Å². The Morgan fingerprint density at radius 3 is 1.14 bits per heavy atom. The van der Waals surface area contributed by atoms with E-state index in [0.29, 0.717) is 6.42 Å². The second-order valence-electron chi connectivity index (χ2n) is 8.28. The predicted octanol–water partition coefficient (Wildman–Crippen LogP) is 5.39. The van der Waals surface area contributed by atoms with Crippen LogP contribution in [0.1, 0.15) is 117 Å². The lowest BCUT2D eigenvalue weighted by molar-refractivity contribution is -0.153. The number of aliphatic carboxylic acids is 2. The second-order valence-corrected chi connectivity index (χ2v) is 8.28. The van der Waals surface area contributed by atoms with Gasteiger partial charge >= 0.3 is 11.9 Å². The van der Waals surface area contributed by atoms with Gasteiger partial charge in [-0.2, -0.15) is 0 Å². The number of carboxylic acid groups (broad SMARTS) is 2. The summed E-state index contributed by atoms with van der Waals surface area (Å²) < 4.78 is 0. The first-order valence-electron chi connectivity index (χ1n) is 11.5. The van der Waals surface area contributed by atoms with E-state index in [9.17, 15) is 9.59 Å². The summed E-state index contributed by atoms with van der Waals surface area (Å²) in [5.74, 6) is -1.84. The highest BCUT2D eigenvalue weighted by atomic mass is 16.4. The Hall–Kier alpha value is -1.14. The molecule has 0 aliphatic heterocycles. The van der Waals surface area contributed by atoms with Crippen LogP contribution in [0.5, 0.6) is 0 Å². The topological polar surface area (TPSA) is 115 Å². The molecule has 0 aromatic rings. The molecule has 0 spiro atoms. The summed E-state index contributed by atoms with van der Waals surface area (Å²) in [6.07, 6.45) is 20.2. The van der Waals surface area contributed by atoms with Gasteiger partial charge in [0.15, 0.2) is 0 Å². The maximum atomic E-state index is 10.3. The van der Waals surface area contributed by atoms with E-state index in [0.717, 1.165) is 12.8 Å². The van der Waals surface area contributed by atoms with Crippen molar-refractivity contribution >= 4 is 11.9 Å². The first kappa shape index (κ1) is 30.1. The minimum atomic E-state index is -1.39. The van der Waals surface area contributed by atoms with Gasteiger partial charge in [-0.05, 0) is 13.3 Å². The second kappa shape index (κ2) is 21.6. The average Bonchev–Trinajstić information content (AvgIpc) is 2.70. The zero-order chi connectivity index (χ0) is 22.4. The number of hydrogen-bond acceptors (Lipinski definition) is 4. The van der Waals surface area contributed by atoms with E-state index in [1.165, 1.54) is 90.4 Å². The van der Waals surface area contributed by atoms with Crippen molar-refractivity contribution in [3.63, 3.8) is 0 Å². The molecule has 0 aliphatic rings. The Bertz CT molecular complexity index is 380. The fourth-order valence-corrected chi connectivity index (χ4v) is 2.83. The molecule has 0 saturated heterocycles. The Kier molecular flexibility index (Phi) is 22.4. The summed E-state index contributed by atoms with van der Waals surface area (Å²) >= 11 is 0. The molecule has 29 heavy (non-hydrogen) atoms. The molecular weight excluding hydrogens is 372 g/mol. The van der Waals surface area contributed by atoms with E-state index in [1.54, 1.807) is 0 Å². The van der Waals surface area contributed by atoms with Crippen LogP contribution in [0.3, 0.4) is 0 Å². The van der Waals surface area contributed by atoms with Gasteiger partial charge in [-0.15, -0.1) is 0 Å². The van der Waals surface area contributed by atoms with Crippen LogP contribution in [-0.4, -0.2) is 45.6 Å². The highest BCUT2D eigenvalue weighted by molar-refractivity contribution is 5.74. The summed E-state index contributed by atoms with van der Waals surface area (Å²) in [6, 6.07) is 0. The number of carboxylic acids is 2. The van der Waals surface area contributed by atoms with E-state index in [4.69, 9.17) is 20.4 Å². The van der Waals surface area contributed by atoms with E-state index in [1.807, 2.05) is 0 Å². The van der Waals surface area contributed by atoms with Gasteiger partial charge in [0.1, 0.15) is 5.41 Å². The SMILES string of the molecule is CC(CO)(CO)C(=O)O.CCCCCCCCCCCCCCCCCC(=O)O. The summed E-state index contributed by atoms with van der Waals surface area (Å²) in [5, 5.41) is 33.7. The maximum absolute atomic E-state index is 10.3. The van der Waals surface area contributed by atoms with E-state index in [-0.39, 0.29) is 0 Å². The molecule has 0 saturated carbocycles. The highest BCUT2D eigenvalue weighted by Gasteiger charge is 2.31. The lowest BCUT2D eigenvalue weighted by Crippen LogP contribution is -2.35. The molecule has 0 amide bonds. The summed E-state index contributed by atoms with van der Waals surface area (Å²) in [6.45, 7) is 2.46. The molecule has 6 heteroatoms. The van der Waals surface area contributed by atoms with Crippen LogP contribution in [0, 0.1) is 5.41 Å². The number of rotatable bonds is 19. The van der Waals surface area contributed by atoms with E-state index in [2.05, 4.69) is 6.92 Å². The third-order valence-corrected chi connectivity index (χ3v) is 5.21. The molecule has 0 radical (unpaired) electrons. The van der Waals surface area contributed by atoms with Crippen molar-refractivity contribution in [2.24, 2.45) is 5.41 Å². The Morgan fingerprint density at radius 1 is 0.621 bits per heavy atom. The summed E-state index contributed by atoms with van der Waals surface area (Å²) in [7, 11) is 0. The van der Waals surface area contributed by atoms with Crippen molar-refractivity contribution in [3.8, 4) is 0 Å². The van der Waals surface area contributed by atoms with Crippen LogP contribution in [-0.2, 0) is 9.59 Å². The number of aliphatic hydroxyl groups excluding tert-OH is 2. The molecule has 0 rings (SSSR count). The first-order valence-corrected chi connectivity index (χ1v) is 11.5. The molecular formula is C23H46O6. The van der Waals surface area contributed by atoms with Gasteiger partial charge in [-0.3, -0.25) is 9.59 Å². The quantitative estimate of drug-likeness (QED) is 0.209. The van der Waals surface area contributed by atoms with E-state index < -0.39 is 30.6 Å². The fourth-order valence-electron chi connectivity index (χ4n) is 2.83. The molecule has 0 atom stereocenters. The fraction of sp³-hybridized carbons (Fsp3) is 0.913. The maximum Gasteiger partial charge on any atom is 0.314 e. The Balaban J connectivity index is 0. The molecule has 0 bridgehead atoms. The number of unbranched alkanes of at least 4 members (excludes halogenated alkanes) is 14. The lowest BCUT2D eigenvalue weighted by atomic mass is 9.94. The monoisotopic (exact) mass is 418 g/mol. The molecule has 0 unspecified atom stereocenters. The zero-order valence-electron chi connectivity index (χ0n) is 18.8. The van der Waals surface area contributed by atoms with Gasteiger partial charge in [0.2, 0.25) is 0 Å². The molecule has 0 aromatic heterocycles. The third-order valence-electron chi connectivity index (χ3n) is 5.21. The van der Waals surface area contributed by atoms with Gasteiger partial charge < -0.3 is 20.4 Å². The van der Waals surface area contributed by atoms with Crippen molar-refractivity contribution in [1.29, 1.82) is 0 Å². The summed E-state index contributed by atoms with van der Waals surface area (Å²) in [4.78, 5) is 20.5. The van der Waals surface area contributed by atoms with Crippen LogP contribution >= 0.6 is 0 Å². The largest absolute Gasteiger partial charge is 0.481 e. The first-order chi connectivity index (χ1) is 13.8.